The number of carbonyl (C=O) groups is 1. The molecule has 0 aromatic carbocycles. The van der Waals surface area contributed by atoms with E-state index in [1.165, 1.54) is 10.9 Å². The summed E-state index contributed by atoms with van der Waals surface area (Å²) in [5.74, 6) is 6.57. The quantitative estimate of drug-likeness (QED) is 0.282. The number of aliphatic hydroxyl groups excluding tert-OH is 2. The first-order valence-electron chi connectivity index (χ1n) is 12.0. The number of fused-ring (bicyclic) bond motifs is 1. The second-order valence-corrected chi connectivity index (χ2v) is 8.69. The Kier molecular flexibility index (Phi) is 7.10. The van der Waals surface area contributed by atoms with E-state index in [0.717, 1.165) is 32.1 Å². The monoisotopic (exact) mass is 508 g/mol. The Labute approximate surface area is 212 Å². The molecule has 0 bridgehead atoms. The van der Waals surface area contributed by atoms with Crippen molar-refractivity contribution in [2.45, 2.75) is 31.5 Å². The number of aliphatic hydroxyl groups is 2. The van der Waals surface area contributed by atoms with Gasteiger partial charge in [-0.1, -0.05) is 5.92 Å². The molecular formula is C23H28N10O4. The maximum absolute atomic E-state index is 12.2. The van der Waals surface area contributed by atoms with Crippen molar-refractivity contribution in [3.63, 3.8) is 0 Å². The normalized spacial score (nSPS) is 24.1. The summed E-state index contributed by atoms with van der Waals surface area (Å²) in [7, 11) is 0. The number of nitrogens with two attached hydrogens (primary N) is 1. The molecule has 2 fully saturated rings. The number of piperazine rings is 1. The molecule has 194 valence electrons. The molecule has 4 atom stereocenters. The second kappa shape index (κ2) is 10.6. The first kappa shape index (κ1) is 24.8. The average Bonchev–Trinajstić information content (AvgIpc) is 3.46. The third kappa shape index (κ3) is 5.02. The standard InChI is InChI=1S/C23H28N10O4/c1-2-25-21(36)18-16(34)17(35)22(37-18)33-13-28-15-19(24)29-14(30-20(15)33)5-3-8-31-9-11-32(12-10-31)23-26-6-4-7-27-23/h4,6-7,13,16-18,22,34-35H,2,8-12H2,1H3,(H,25,36)(H2,24,29,30)/t16?,17?,18?,22-/m0/s1. The van der Waals surface area contributed by atoms with E-state index < -0.39 is 30.4 Å². The lowest BCUT2D eigenvalue weighted by atomic mass is 10.1. The van der Waals surface area contributed by atoms with Crippen LogP contribution in [0.25, 0.3) is 11.2 Å². The van der Waals surface area contributed by atoms with Crippen molar-refractivity contribution in [1.29, 1.82) is 0 Å². The molecule has 3 aromatic rings. The van der Waals surface area contributed by atoms with Crippen molar-refractivity contribution in [2.75, 3.05) is 49.9 Å². The predicted molar refractivity (Wildman–Crippen MR) is 132 cm³/mol. The number of nitrogen functional groups attached to an aromatic ring is 1. The highest BCUT2D eigenvalue weighted by atomic mass is 16.6. The molecule has 3 unspecified atom stereocenters. The van der Waals surface area contributed by atoms with Gasteiger partial charge in [-0.25, -0.2) is 24.9 Å². The Morgan fingerprint density at radius 2 is 1.92 bits per heavy atom. The van der Waals surface area contributed by atoms with E-state index in [4.69, 9.17) is 10.5 Å². The van der Waals surface area contributed by atoms with Gasteiger partial charge in [-0.15, -0.1) is 0 Å². The minimum Gasteiger partial charge on any atom is -0.387 e. The smallest absolute Gasteiger partial charge is 0.252 e. The third-order valence-electron chi connectivity index (χ3n) is 6.28. The second-order valence-electron chi connectivity index (χ2n) is 8.69. The fourth-order valence-electron chi connectivity index (χ4n) is 4.35. The lowest BCUT2D eigenvalue weighted by Crippen LogP contribution is -2.47. The number of nitrogens with one attached hydrogen (secondary N) is 1. The molecule has 5 rings (SSSR count). The van der Waals surface area contributed by atoms with Gasteiger partial charge in [0.25, 0.3) is 5.91 Å². The summed E-state index contributed by atoms with van der Waals surface area (Å²) >= 11 is 0. The molecule has 0 aliphatic carbocycles. The lowest BCUT2D eigenvalue weighted by molar-refractivity contribution is -0.137. The average molecular weight is 509 g/mol. The highest BCUT2D eigenvalue weighted by Crippen LogP contribution is 2.32. The Morgan fingerprint density at radius 1 is 1.16 bits per heavy atom. The number of amides is 1. The van der Waals surface area contributed by atoms with Crippen LogP contribution in [0.15, 0.2) is 24.8 Å². The summed E-state index contributed by atoms with van der Waals surface area (Å²) in [6.07, 6.45) is -0.270. The Balaban J connectivity index is 1.28. The summed E-state index contributed by atoms with van der Waals surface area (Å²) in [6.45, 7) is 5.86. The number of ether oxygens (including phenoxy) is 1. The molecule has 2 aliphatic rings. The van der Waals surface area contributed by atoms with Gasteiger partial charge in [-0.3, -0.25) is 14.3 Å². The highest BCUT2D eigenvalue weighted by molar-refractivity contribution is 5.83. The van der Waals surface area contributed by atoms with Crippen LogP contribution in [0.2, 0.25) is 0 Å². The number of hydrogen-bond donors (Lipinski definition) is 4. The maximum atomic E-state index is 12.2. The van der Waals surface area contributed by atoms with E-state index in [1.807, 2.05) is 0 Å². The molecule has 5 heterocycles. The van der Waals surface area contributed by atoms with Crippen LogP contribution in [0.1, 0.15) is 19.0 Å². The lowest BCUT2D eigenvalue weighted by Gasteiger charge is -2.33. The molecule has 5 N–H and O–H groups in total. The largest absolute Gasteiger partial charge is 0.387 e. The van der Waals surface area contributed by atoms with Gasteiger partial charge in [-0.05, 0) is 18.9 Å². The Bertz CT molecular complexity index is 1320. The van der Waals surface area contributed by atoms with E-state index in [-0.39, 0.29) is 17.3 Å². The SMILES string of the molecule is CCNC(=O)C1O[C@H](n2cnc3c(N)nc(C#CCN4CCN(c5ncccn5)CC4)nc32)C(O)C1O. The van der Waals surface area contributed by atoms with Crippen LogP contribution < -0.4 is 16.0 Å². The molecule has 3 aromatic heterocycles. The Hall–Kier alpha value is -3.90. The van der Waals surface area contributed by atoms with Crippen LogP contribution in [0.4, 0.5) is 11.8 Å². The van der Waals surface area contributed by atoms with Crippen LogP contribution in [0.5, 0.6) is 0 Å². The van der Waals surface area contributed by atoms with Crippen molar-refractivity contribution in [3.05, 3.63) is 30.6 Å². The summed E-state index contributed by atoms with van der Waals surface area (Å²) in [4.78, 5) is 38.1. The molecule has 14 nitrogen and oxygen atoms in total. The maximum Gasteiger partial charge on any atom is 0.252 e. The van der Waals surface area contributed by atoms with Gasteiger partial charge in [0.05, 0.1) is 12.9 Å². The predicted octanol–water partition coefficient (Wildman–Crippen LogP) is -1.87. The number of likely N-dealkylation sites (N-methyl/N-ethyl adjacent to an activating group) is 1. The molecule has 2 aliphatic heterocycles. The van der Waals surface area contributed by atoms with E-state index in [0.29, 0.717) is 18.6 Å². The van der Waals surface area contributed by atoms with E-state index >= 15 is 0 Å². The van der Waals surface area contributed by atoms with Crippen LogP contribution in [-0.2, 0) is 9.53 Å². The minimum absolute atomic E-state index is 0.123. The zero-order valence-corrected chi connectivity index (χ0v) is 20.2. The molecule has 14 heteroatoms. The van der Waals surface area contributed by atoms with Gasteiger partial charge in [0.2, 0.25) is 11.8 Å². The van der Waals surface area contributed by atoms with Gasteiger partial charge in [0, 0.05) is 45.1 Å². The molecule has 37 heavy (non-hydrogen) atoms. The van der Waals surface area contributed by atoms with Gasteiger partial charge in [0.1, 0.15) is 17.7 Å². The number of nitrogens with zero attached hydrogens (tertiary/aromatic N) is 8. The zero-order valence-electron chi connectivity index (χ0n) is 20.2. The molecule has 1 amide bonds. The van der Waals surface area contributed by atoms with Crippen LogP contribution in [0.3, 0.4) is 0 Å². The molecular weight excluding hydrogens is 480 g/mol. The van der Waals surface area contributed by atoms with Gasteiger partial charge in [-0.2, -0.15) is 0 Å². The fraction of sp³-hybridized carbons (Fsp3) is 0.478. The first-order valence-corrected chi connectivity index (χ1v) is 12.0. The van der Waals surface area contributed by atoms with Crippen molar-refractivity contribution < 1.29 is 19.7 Å². The van der Waals surface area contributed by atoms with Crippen molar-refractivity contribution >= 4 is 28.8 Å². The van der Waals surface area contributed by atoms with Gasteiger partial charge >= 0.3 is 0 Å². The van der Waals surface area contributed by atoms with Crippen LogP contribution in [0, 0.1) is 11.8 Å². The summed E-state index contributed by atoms with van der Waals surface area (Å²) < 4.78 is 7.11. The topological polar surface area (TPSA) is 181 Å². The van der Waals surface area contributed by atoms with Crippen molar-refractivity contribution in [2.24, 2.45) is 0 Å². The fourth-order valence-corrected chi connectivity index (χ4v) is 4.35. The van der Waals surface area contributed by atoms with E-state index in [1.54, 1.807) is 25.4 Å². The van der Waals surface area contributed by atoms with E-state index in [2.05, 4.69) is 51.9 Å². The van der Waals surface area contributed by atoms with Crippen molar-refractivity contribution in [1.82, 2.24) is 39.7 Å². The molecule has 2 saturated heterocycles. The van der Waals surface area contributed by atoms with Gasteiger partial charge < -0.3 is 30.9 Å². The van der Waals surface area contributed by atoms with Crippen LogP contribution >= 0.6 is 0 Å². The van der Waals surface area contributed by atoms with Crippen molar-refractivity contribution in [3.8, 4) is 11.8 Å². The number of anilines is 2. The highest BCUT2D eigenvalue weighted by Gasteiger charge is 2.47. The Morgan fingerprint density at radius 3 is 2.65 bits per heavy atom. The van der Waals surface area contributed by atoms with E-state index in [9.17, 15) is 15.0 Å². The van der Waals surface area contributed by atoms with Crippen LogP contribution in [-0.4, -0.2) is 108 Å². The third-order valence-corrected chi connectivity index (χ3v) is 6.28. The van der Waals surface area contributed by atoms with Gasteiger partial charge in [0.15, 0.2) is 23.8 Å². The number of carbonyl (C=O) groups excluding carboxylic acids is 1. The summed E-state index contributed by atoms with van der Waals surface area (Å²) in [5, 5.41) is 23.5. The molecule has 0 spiro atoms. The summed E-state index contributed by atoms with van der Waals surface area (Å²) in [5.41, 5.74) is 6.67. The minimum atomic E-state index is -1.42. The molecule has 0 radical (unpaired) electrons. The zero-order chi connectivity index (χ0) is 25.9. The molecule has 0 saturated carbocycles. The first-order chi connectivity index (χ1) is 18.0. The number of hydrogen-bond acceptors (Lipinski definition) is 12. The number of aromatic nitrogens is 6. The summed E-state index contributed by atoms with van der Waals surface area (Å²) in [6, 6.07) is 1.80. The number of rotatable bonds is 5. The number of imidazole rings is 1.